The standard InChI is InChI=1S/C14H19N3O/c1-3-18-13-5-4-11(8-10(13)2)12-9-16-14(17-12)6-7-15/h4-5,8-9H,3,6-7,15H2,1-2H3,(H,16,17). The number of aromatic amines is 1. The van der Waals surface area contributed by atoms with Gasteiger partial charge in [-0.2, -0.15) is 0 Å². The van der Waals surface area contributed by atoms with E-state index in [1.165, 1.54) is 0 Å². The highest BCUT2D eigenvalue weighted by molar-refractivity contribution is 5.61. The van der Waals surface area contributed by atoms with E-state index >= 15 is 0 Å². The first-order valence-electron chi connectivity index (χ1n) is 6.22. The van der Waals surface area contributed by atoms with E-state index in [0.29, 0.717) is 13.2 Å². The molecule has 0 saturated heterocycles. The number of imidazole rings is 1. The summed E-state index contributed by atoms with van der Waals surface area (Å²) in [4.78, 5) is 7.58. The Morgan fingerprint density at radius 2 is 2.22 bits per heavy atom. The van der Waals surface area contributed by atoms with Crippen LogP contribution in [0, 0.1) is 6.92 Å². The summed E-state index contributed by atoms with van der Waals surface area (Å²) in [6, 6.07) is 6.14. The van der Waals surface area contributed by atoms with Crippen molar-refractivity contribution in [2.45, 2.75) is 20.3 Å². The largest absolute Gasteiger partial charge is 0.494 e. The van der Waals surface area contributed by atoms with Crippen molar-refractivity contribution >= 4 is 0 Å². The summed E-state index contributed by atoms with van der Waals surface area (Å²) in [5.74, 6) is 1.86. The Hall–Kier alpha value is -1.81. The first kappa shape index (κ1) is 12.6. The molecule has 2 aromatic rings. The number of nitrogens with zero attached hydrogens (tertiary/aromatic N) is 1. The summed E-state index contributed by atoms with van der Waals surface area (Å²) in [7, 11) is 0. The monoisotopic (exact) mass is 245 g/mol. The van der Waals surface area contributed by atoms with Crippen LogP contribution in [0.5, 0.6) is 5.75 Å². The van der Waals surface area contributed by atoms with E-state index in [1.54, 1.807) is 0 Å². The molecule has 1 aromatic carbocycles. The highest BCUT2D eigenvalue weighted by atomic mass is 16.5. The maximum absolute atomic E-state index is 5.53. The minimum atomic E-state index is 0.606. The third kappa shape index (κ3) is 2.71. The van der Waals surface area contributed by atoms with Crippen LogP contribution in [0.4, 0.5) is 0 Å². The SMILES string of the molecule is CCOc1ccc(-c2cnc(CCN)[nH]2)cc1C. The number of H-pyrrole nitrogens is 1. The number of aromatic nitrogens is 2. The molecular formula is C14H19N3O. The van der Waals surface area contributed by atoms with Gasteiger partial charge < -0.3 is 15.5 Å². The summed E-state index contributed by atoms with van der Waals surface area (Å²) in [5, 5.41) is 0. The number of hydrogen-bond donors (Lipinski definition) is 2. The smallest absolute Gasteiger partial charge is 0.122 e. The first-order valence-corrected chi connectivity index (χ1v) is 6.22. The zero-order chi connectivity index (χ0) is 13.0. The zero-order valence-electron chi connectivity index (χ0n) is 10.9. The fourth-order valence-corrected chi connectivity index (χ4v) is 1.91. The van der Waals surface area contributed by atoms with Gasteiger partial charge in [-0.05, 0) is 44.2 Å². The molecule has 0 aliphatic rings. The van der Waals surface area contributed by atoms with Crippen LogP contribution in [-0.4, -0.2) is 23.1 Å². The summed E-state index contributed by atoms with van der Waals surface area (Å²) in [6.45, 7) is 5.33. The van der Waals surface area contributed by atoms with Gasteiger partial charge in [0.1, 0.15) is 11.6 Å². The fourth-order valence-electron chi connectivity index (χ4n) is 1.91. The van der Waals surface area contributed by atoms with Gasteiger partial charge >= 0.3 is 0 Å². The van der Waals surface area contributed by atoms with Crippen molar-refractivity contribution in [2.75, 3.05) is 13.2 Å². The van der Waals surface area contributed by atoms with Crippen molar-refractivity contribution < 1.29 is 4.74 Å². The van der Waals surface area contributed by atoms with Crippen LogP contribution in [0.2, 0.25) is 0 Å². The van der Waals surface area contributed by atoms with Gasteiger partial charge in [0.05, 0.1) is 18.5 Å². The van der Waals surface area contributed by atoms with Gasteiger partial charge in [-0.1, -0.05) is 0 Å². The molecule has 0 bridgehead atoms. The van der Waals surface area contributed by atoms with Gasteiger partial charge in [0.15, 0.2) is 0 Å². The summed E-state index contributed by atoms with van der Waals surface area (Å²) < 4.78 is 5.53. The van der Waals surface area contributed by atoms with E-state index in [9.17, 15) is 0 Å². The predicted molar refractivity (Wildman–Crippen MR) is 72.7 cm³/mol. The number of nitrogens with one attached hydrogen (secondary N) is 1. The Labute approximate surface area is 107 Å². The second-order valence-electron chi connectivity index (χ2n) is 4.20. The molecule has 0 amide bonds. The lowest BCUT2D eigenvalue weighted by atomic mass is 10.1. The average molecular weight is 245 g/mol. The highest BCUT2D eigenvalue weighted by Crippen LogP contribution is 2.25. The average Bonchev–Trinajstić information content (AvgIpc) is 2.81. The summed E-state index contributed by atoms with van der Waals surface area (Å²) in [6.07, 6.45) is 2.62. The van der Waals surface area contributed by atoms with Crippen LogP contribution < -0.4 is 10.5 Å². The van der Waals surface area contributed by atoms with E-state index < -0.39 is 0 Å². The van der Waals surface area contributed by atoms with Crippen LogP contribution in [0.3, 0.4) is 0 Å². The predicted octanol–water partition coefficient (Wildman–Crippen LogP) is 2.29. The molecule has 3 N–H and O–H groups in total. The lowest BCUT2D eigenvalue weighted by Gasteiger charge is -2.08. The van der Waals surface area contributed by atoms with Crippen LogP contribution in [0.15, 0.2) is 24.4 Å². The Bertz CT molecular complexity index is 520. The van der Waals surface area contributed by atoms with Crippen molar-refractivity contribution in [1.82, 2.24) is 9.97 Å². The molecule has 4 nitrogen and oxygen atoms in total. The third-order valence-electron chi connectivity index (χ3n) is 2.80. The Morgan fingerprint density at radius 1 is 1.39 bits per heavy atom. The first-order chi connectivity index (χ1) is 8.74. The highest BCUT2D eigenvalue weighted by Gasteiger charge is 2.05. The molecular weight excluding hydrogens is 226 g/mol. The third-order valence-corrected chi connectivity index (χ3v) is 2.80. The molecule has 2 rings (SSSR count). The molecule has 0 spiro atoms. The number of rotatable bonds is 5. The van der Waals surface area contributed by atoms with Crippen molar-refractivity contribution in [1.29, 1.82) is 0 Å². The zero-order valence-corrected chi connectivity index (χ0v) is 10.9. The molecule has 0 atom stereocenters. The van der Waals surface area contributed by atoms with E-state index in [0.717, 1.165) is 34.8 Å². The maximum atomic E-state index is 5.53. The van der Waals surface area contributed by atoms with E-state index in [-0.39, 0.29) is 0 Å². The number of ether oxygens (including phenoxy) is 1. The Balaban J connectivity index is 2.24. The van der Waals surface area contributed by atoms with Gasteiger partial charge in [-0.25, -0.2) is 4.98 Å². The van der Waals surface area contributed by atoms with Crippen molar-refractivity contribution in [2.24, 2.45) is 5.73 Å². The van der Waals surface area contributed by atoms with Crippen LogP contribution in [0.1, 0.15) is 18.3 Å². The molecule has 0 saturated carbocycles. The maximum Gasteiger partial charge on any atom is 0.122 e. The number of benzene rings is 1. The second-order valence-corrected chi connectivity index (χ2v) is 4.20. The van der Waals surface area contributed by atoms with Crippen LogP contribution in [0.25, 0.3) is 11.3 Å². The number of aryl methyl sites for hydroxylation is 1. The second kappa shape index (κ2) is 5.69. The van der Waals surface area contributed by atoms with Crippen molar-refractivity contribution in [3.05, 3.63) is 35.8 Å². The molecule has 1 heterocycles. The van der Waals surface area contributed by atoms with Crippen LogP contribution in [-0.2, 0) is 6.42 Å². The molecule has 0 radical (unpaired) electrons. The number of hydrogen-bond acceptors (Lipinski definition) is 3. The number of nitrogens with two attached hydrogens (primary N) is 1. The lowest BCUT2D eigenvalue weighted by Crippen LogP contribution is -2.03. The van der Waals surface area contributed by atoms with Gasteiger partial charge in [0.25, 0.3) is 0 Å². The van der Waals surface area contributed by atoms with Crippen molar-refractivity contribution in [3.63, 3.8) is 0 Å². The molecule has 96 valence electrons. The molecule has 0 unspecified atom stereocenters. The molecule has 0 aliphatic heterocycles. The van der Waals surface area contributed by atoms with Crippen LogP contribution >= 0.6 is 0 Å². The fraction of sp³-hybridized carbons (Fsp3) is 0.357. The minimum absolute atomic E-state index is 0.606. The Morgan fingerprint density at radius 3 is 2.89 bits per heavy atom. The molecule has 4 heteroatoms. The van der Waals surface area contributed by atoms with Crippen molar-refractivity contribution in [3.8, 4) is 17.0 Å². The quantitative estimate of drug-likeness (QED) is 0.849. The molecule has 0 aliphatic carbocycles. The van der Waals surface area contributed by atoms with Gasteiger partial charge in [0.2, 0.25) is 0 Å². The summed E-state index contributed by atoms with van der Waals surface area (Å²) in [5.41, 5.74) is 8.77. The molecule has 1 aromatic heterocycles. The summed E-state index contributed by atoms with van der Waals surface area (Å²) >= 11 is 0. The van der Waals surface area contributed by atoms with Gasteiger partial charge in [-0.15, -0.1) is 0 Å². The van der Waals surface area contributed by atoms with E-state index in [2.05, 4.69) is 16.0 Å². The van der Waals surface area contributed by atoms with Gasteiger partial charge in [-0.3, -0.25) is 0 Å². The normalized spacial score (nSPS) is 10.6. The lowest BCUT2D eigenvalue weighted by molar-refractivity contribution is 0.338. The van der Waals surface area contributed by atoms with Gasteiger partial charge in [0, 0.05) is 12.0 Å². The Kier molecular flexibility index (Phi) is 3.99. The van der Waals surface area contributed by atoms with E-state index in [4.69, 9.17) is 10.5 Å². The van der Waals surface area contributed by atoms with E-state index in [1.807, 2.05) is 32.2 Å². The molecule has 18 heavy (non-hydrogen) atoms. The molecule has 0 fully saturated rings. The topological polar surface area (TPSA) is 63.9 Å². The minimum Gasteiger partial charge on any atom is -0.494 e.